The average molecular weight is 1140 g/mol. The van der Waals surface area contributed by atoms with Crippen molar-refractivity contribution in [1.82, 2.24) is 40.0 Å². The Hall–Kier alpha value is -9.29. The Bertz CT molecular complexity index is 3730. The number of aryl methyl sites for hydroxylation is 1. The Kier molecular flexibility index (Phi) is 15.2. The van der Waals surface area contributed by atoms with Gasteiger partial charge in [0, 0.05) is 104 Å². The summed E-state index contributed by atoms with van der Waals surface area (Å²) in [4.78, 5) is 85.2. The number of hydrogen-bond acceptors (Lipinski definition) is 13. The van der Waals surface area contributed by atoms with Crippen LogP contribution in [-0.2, 0) is 38.6 Å². The summed E-state index contributed by atoms with van der Waals surface area (Å²) in [6.45, 7) is 6.75. The third-order valence-electron chi connectivity index (χ3n) is 16.6. The molecule has 84 heavy (non-hydrogen) atoms. The van der Waals surface area contributed by atoms with Crippen LogP contribution in [0.25, 0.3) is 22.2 Å². The lowest BCUT2D eigenvalue weighted by atomic mass is 9.72. The molecule has 5 aliphatic rings. The number of pyridine rings is 1. The second-order valence-corrected chi connectivity index (χ2v) is 22.5. The highest BCUT2D eigenvalue weighted by atomic mass is 19.4. The first-order chi connectivity index (χ1) is 40.6. The van der Waals surface area contributed by atoms with E-state index in [1.54, 1.807) is 29.3 Å². The molecule has 7 aromatic rings. The summed E-state index contributed by atoms with van der Waals surface area (Å²) in [6.07, 6.45) is 4.20. The normalized spacial score (nSPS) is 17.7. The fourth-order valence-corrected chi connectivity index (χ4v) is 12.2. The van der Waals surface area contributed by atoms with Crippen molar-refractivity contribution in [3.05, 3.63) is 155 Å². The number of nitrogens with one attached hydrogen (secondary N) is 3. The number of nitrogens with zero attached hydrogens (tertiary/aromatic N) is 8. The number of nitrogens with two attached hydrogens (primary N) is 1. The highest BCUT2D eigenvalue weighted by Crippen LogP contribution is 2.42. The van der Waals surface area contributed by atoms with Gasteiger partial charge in [0.1, 0.15) is 35.4 Å². The van der Waals surface area contributed by atoms with E-state index < -0.39 is 12.4 Å². The number of carbonyl (C=O) groups excluding carboxylic acids is 5. The van der Waals surface area contributed by atoms with Crippen LogP contribution in [0.5, 0.6) is 5.75 Å². The third-order valence-corrected chi connectivity index (χ3v) is 16.6. The molecule has 1 atom stereocenters. The van der Waals surface area contributed by atoms with Gasteiger partial charge in [0.2, 0.25) is 23.6 Å². The Labute approximate surface area is 482 Å². The van der Waals surface area contributed by atoms with Crippen LogP contribution >= 0.6 is 0 Å². The number of likely N-dealkylation sites (tertiary alicyclic amines) is 2. The van der Waals surface area contributed by atoms with E-state index in [0.717, 1.165) is 97.1 Å². The second-order valence-electron chi connectivity index (χ2n) is 22.5. The van der Waals surface area contributed by atoms with Gasteiger partial charge in [-0.15, -0.1) is 13.2 Å². The topological polar surface area (TPSA) is 213 Å². The molecule has 1 spiro atoms. The largest absolute Gasteiger partial charge is 0.573 e. The van der Waals surface area contributed by atoms with E-state index in [2.05, 4.69) is 64.4 Å². The zero-order chi connectivity index (χ0) is 58.1. The number of ether oxygens (including phenoxy) is 1. The summed E-state index contributed by atoms with van der Waals surface area (Å²) in [7, 11) is 0. The van der Waals surface area contributed by atoms with Gasteiger partial charge in [-0.05, 0) is 146 Å². The van der Waals surface area contributed by atoms with Crippen molar-refractivity contribution in [2.24, 2.45) is 5.41 Å². The number of benzene rings is 4. The molecule has 5 N–H and O–H groups in total. The van der Waals surface area contributed by atoms with Crippen molar-refractivity contribution in [1.29, 1.82) is 0 Å². The molecular weight excluding hydrogens is 1080 g/mol. The quantitative estimate of drug-likeness (QED) is 0.0460. The molecule has 0 aliphatic carbocycles. The van der Waals surface area contributed by atoms with Gasteiger partial charge in [0.15, 0.2) is 0 Å². The van der Waals surface area contributed by atoms with Crippen LogP contribution in [0.4, 0.5) is 36.2 Å². The molecule has 4 aromatic carbocycles. The van der Waals surface area contributed by atoms with Gasteiger partial charge in [0.25, 0.3) is 5.91 Å². The number of piperidine rings is 2. The first-order valence-electron chi connectivity index (χ1n) is 28.3. The van der Waals surface area contributed by atoms with Crippen molar-refractivity contribution < 1.29 is 41.9 Å². The molecule has 4 fully saturated rings. The highest BCUT2D eigenvalue weighted by molar-refractivity contribution is 6.03. The van der Waals surface area contributed by atoms with Crippen molar-refractivity contribution in [2.45, 2.75) is 69.8 Å². The SMILES string of the molecule is Nc1ncnc2c1c(-c1ccc3c(c1)CCN3C(=O)Cc1cccc(OC(F)(F)F)c1)cn2CCCNC(=O)c1ccc(C#Cc2ccc(N3CC4(CN(C(=O)CN5CCC(c6ccc(NC7CCC(=O)NC7=O)cc6)CC5)C4)C3)nc2)cc1. The predicted molar refractivity (Wildman–Crippen MR) is 310 cm³/mol. The number of halogens is 3. The van der Waals surface area contributed by atoms with Gasteiger partial charge >= 0.3 is 6.36 Å². The van der Waals surface area contributed by atoms with E-state index in [-0.39, 0.29) is 47.1 Å². The summed E-state index contributed by atoms with van der Waals surface area (Å²) >= 11 is 0. The van der Waals surface area contributed by atoms with Gasteiger partial charge in [0.05, 0.1) is 18.4 Å². The van der Waals surface area contributed by atoms with E-state index in [9.17, 15) is 37.1 Å². The van der Waals surface area contributed by atoms with Crippen LogP contribution in [0, 0.1) is 17.3 Å². The summed E-state index contributed by atoms with van der Waals surface area (Å²) in [5.74, 6) is 6.83. The molecule has 0 radical (unpaired) electrons. The zero-order valence-electron chi connectivity index (χ0n) is 46.0. The minimum Gasteiger partial charge on any atom is -0.406 e. The first kappa shape index (κ1) is 55.3. The molecule has 18 nitrogen and oxygen atoms in total. The van der Waals surface area contributed by atoms with Crippen LogP contribution in [0.1, 0.15) is 76.2 Å². The molecule has 5 aliphatic heterocycles. The zero-order valence-corrected chi connectivity index (χ0v) is 46.0. The van der Waals surface area contributed by atoms with Crippen molar-refractivity contribution >= 4 is 63.6 Å². The van der Waals surface area contributed by atoms with Gasteiger partial charge in [-0.25, -0.2) is 15.0 Å². The number of imide groups is 1. The summed E-state index contributed by atoms with van der Waals surface area (Å²) in [6, 6.07) is 30.1. The number of fused-ring (bicyclic) bond motifs is 2. The van der Waals surface area contributed by atoms with Crippen LogP contribution in [0.2, 0.25) is 0 Å². The molecule has 8 heterocycles. The number of amides is 5. The van der Waals surface area contributed by atoms with Crippen LogP contribution in [0.15, 0.2) is 122 Å². The van der Waals surface area contributed by atoms with Crippen molar-refractivity contribution in [3.8, 4) is 28.7 Å². The van der Waals surface area contributed by atoms with Crippen molar-refractivity contribution in [3.63, 3.8) is 0 Å². The number of anilines is 4. The molecule has 1 unspecified atom stereocenters. The highest BCUT2D eigenvalue weighted by Gasteiger charge is 2.53. The average Bonchev–Trinajstić information content (AvgIpc) is 3.75. The lowest BCUT2D eigenvalue weighted by molar-refractivity contribution is -0.274. The van der Waals surface area contributed by atoms with E-state index in [0.29, 0.717) is 85.8 Å². The van der Waals surface area contributed by atoms with Crippen LogP contribution in [0.3, 0.4) is 0 Å². The molecule has 430 valence electrons. The van der Waals surface area contributed by atoms with E-state index in [1.807, 2.05) is 70.3 Å². The van der Waals surface area contributed by atoms with Crippen LogP contribution < -0.4 is 36.2 Å². The number of nitrogen functional groups attached to an aromatic ring is 1. The molecule has 21 heteroatoms. The Morgan fingerprint density at radius 2 is 1.60 bits per heavy atom. The number of alkyl halides is 3. The minimum atomic E-state index is -4.83. The second kappa shape index (κ2) is 23.2. The lowest BCUT2D eigenvalue weighted by Crippen LogP contribution is -2.73. The van der Waals surface area contributed by atoms with E-state index in [4.69, 9.17) is 10.7 Å². The molecule has 12 rings (SSSR count). The smallest absolute Gasteiger partial charge is 0.406 e. The van der Waals surface area contributed by atoms with Gasteiger partial charge < -0.3 is 40.4 Å². The van der Waals surface area contributed by atoms with Gasteiger partial charge in [-0.2, -0.15) is 0 Å². The van der Waals surface area contributed by atoms with Crippen LogP contribution in [-0.4, -0.2) is 130 Å². The van der Waals surface area contributed by atoms with E-state index >= 15 is 0 Å². The monoisotopic (exact) mass is 1140 g/mol. The number of aromatic nitrogens is 4. The first-order valence-corrected chi connectivity index (χ1v) is 28.3. The maximum absolute atomic E-state index is 13.4. The van der Waals surface area contributed by atoms with Gasteiger partial charge in [-0.3, -0.25) is 34.2 Å². The molecule has 0 bridgehead atoms. The maximum Gasteiger partial charge on any atom is 0.573 e. The molecule has 4 saturated heterocycles. The maximum atomic E-state index is 13.4. The minimum absolute atomic E-state index is 0.0909. The molecule has 5 amide bonds. The Balaban J connectivity index is 0.563. The summed E-state index contributed by atoms with van der Waals surface area (Å²) in [5.41, 5.74) is 15.1. The Morgan fingerprint density at radius 3 is 2.35 bits per heavy atom. The summed E-state index contributed by atoms with van der Waals surface area (Å²) in [5, 5.41) is 9.33. The van der Waals surface area contributed by atoms with Crippen molar-refractivity contribution in [2.75, 3.05) is 79.8 Å². The Morgan fingerprint density at radius 1 is 0.821 bits per heavy atom. The number of hydrogen-bond donors (Lipinski definition) is 4. The lowest BCUT2D eigenvalue weighted by Gasteiger charge is -2.60. The third kappa shape index (κ3) is 12.2. The molecule has 0 saturated carbocycles. The fourth-order valence-electron chi connectivity index (χ4n) is 12.2. The molecule has 3 aromatic heterocycles. The predicted octanol–water partition coefficient (Wildman–Crippen LogP) is 7.07. The number of carbonyl (C=O) groups is 5. The van der Waals surface area contributed by atoms with E-state index in [1.165, 1.54) is 30.1 Å². The fraction of sp³-hybridized carbons (Fsp3) is 0.333. The standard InChI is InChI=1S/C63H61F3N12O6/c64-63(65,66)84-49-4-1-3-42(29-49)30-55(80)78-28-23-47-31-46(14-18-52(47)78)50-33-75(59-57(50)58(67)70-39-71-59)25-2-24-68-60(82)45-10-7-40(8-11-45)5-6-41-9-19-53(69-32-41)76-35-62(36-76)37-77(38-62)56(81)34-74-26-21-44(22-27-74)43-12-15-48(16-13-43)72-51-17-20-54(79)73-61(51)83/h1,3-4,7-16,18-19,29,31-33,39,44,51,72H,2,17,20-28,30,34-38H2,(H,68,82)(H2,67,70,71)(H,73,79,83). The van der Waals surface area contributed by atoms with Gasteiger partial charge in [-0.1, -0.05) is 42.2 Å². The number of rotatable bonds is 15. The summed E-state index contributed by atoms with van der Waals surface area (Å²) < 4.78 is 44.4. The molecular formula is C63H61F3N12O6.